The Morgan fingerprint density at radius 1 is 1.31 bits per heavy atom. The molecule has 2 fully saturated rings. The van der Waals surface area contributed by atoms with Crippen LogP contribution in [-0.2, 0) is 11.0 Å². The summed E-state index contributed by atoms with van der Waals surface area (Å²) in [5.74, 6) is -1.93. The third-order valence-electron chi connectivity index (χ3n) is 6.37. The fourth-order valence-corrected chi connectivity index (χ4v) is 5.23. The molecule has 1 aliphatic carbocycles. The van der Waals surface area contributed by atoms with Crippen molar-refractivity contribution in [3.05, 3.63) is 53.1 Å². The number of benzene rings is 1. The third-order valence-corrected chi connectivity index (χ3v) is 6.74. The molecule has 12 heteroatoms. The quantitative estimate of drug-likeness (QED) is 0.498. The second-order valence-corrected chi connectivity index (χ2v) is 8.95. The molecule has 1 N–H and O–H groups in total. The molecule has 2 heterocycles. The zero-order valence-electron chi connectivity index (χ0n) is 18.6. The van der Waals surface area contributed by atoms with Crippen molar-refractivity contribution in [3.63, 3.8) is 0 Å². The molecule has 1 unspecified atom stereocenters. The number of halogens is 4. The number of pyridine rings is 1. The number of hydrogen-bond donors (Lipinski definition) is 1. The molecule has 1 aromatic heterocycles. The van der Waals surface area contributed by atoms with Gasteiger partial charge in [0.25, 0.3) is 11.8 Å². The Bertz CT molecular complexity index is 1290. The number of anilines is 2. The number of carbonyl (C=O) groups excluding carboxylic acids is 2. The van der Waals surface area contributed by atoms with Crippen LogP contribution in [0.15, 0.2) is 30.5 Å². The zero-order chi connectivity index (χ0) is 25.7. The van der Waals surface area contributed by atoms with Gasteiger partial charge in [-0.1, -0.05) is 6.92 Å². The van der Waals surface area contributed by atoms with Gasteiger partial charge in [-0.05, 0) is 61.7 Å². The standard InChI is InChI=1S/C23H19F4N5O2S/c1-12-5-6-22(9-12)20(34)31(14-7-16(23(25,26)27)18(10-28)30-11-14)21(35)32(22)13-3-4-15(17(24)8-13)19(33)29-2/h3-4,7-8,11-12H,5-6,9H2,1-2H3,(H,29,33)/t12-,22?/m1/s1. The molecular formula is C23H19F4N5O2S. The topological polar surface area (TPSA) is 89.3 Å². The van der Waals surface area contributed by atoms with E-state index in [1.165, 1.54) is 30.1 Å². The molecule has 35 heavy (non-hydrogen) atoms. The monoisotopic (exact) mass is 505 g/mol. The molecule has 1 aromatic carbocycles. The number of rotatable bonds is 3. The molecule has 1 saturated carbocycles. The zero-order valence-corrected chi connectivity index (χ0v) is 19.4. The van der Waals surface area contributed by atoms with Gasteiger partial charge < -0.3 is 10.2 Å². The second kappa shape index (κ2) is 8.57. The molecule has 1 aliphatic heterocycles. The first-order valence-corrected chi connectivity index (χ1v) is 11.0. The van der Waals surface area contributed by atoms with E-state index in [2.05, 4.69) is 10.3 Å². The number of thiocarbonyl (C=S) groups is 1. The fraction of sp³-hybridized carbons (Fsp3) is 0.348. The van der Waals surface area contributed by atoms with Gasteiger partial charge in [-0.2, -0.15) is 18.4 Å². The lowest BCUT2D eigenvalue weighted by Gasteiger charge is -2.33. The molecule has 182 valence electrons. The third kappa shape index (κ3) is 3.89. The molecular weight excluding hydrogens is 486 g/mol. The minimum absolute atomic E-state index is 0.101. The molecule has 1 saturated heterocycles. The van der Waals surface area contributed by atoms with Gasteiger partial charge in [-0.25, -0.2) is 9.37 Å². The number of amides is 2. The largest absolute Gasteiger partial charge is 0.419 e. The highest BCUT2D eigenvalue weighted by Gasteiger charge is 2.59. The minimum atomic E-state index is -4.88. The van der Waals surface area contributed by atoms with Crippen molar-refractivity contribution < 1.29 is 27.2 Å². The summed E-state index contributed by atoms with van der Waals surface area (Å²) in [7, 11) is 1.36. The van der Waals surface area contributed by atoms with Crippen LogP contribution in [0.2, 0.25) is 0 Å². The van der Waals surface area contributed by atoms with Gasteiger partial charge in [0.05, 0.1) is 23.0 Å². The number of nitriles is 1. The van der Waals surface area contributed by atoms with Crippen LogP contribution in [0.1, 0.15) is 47.8 Å². The Hall–Kier alpha value is -3.59. The number of nitrogens with one attached hydrogen (secondary N) is 1. The highest BCUT2D eigenvalue weighted by Crippen LogP contribution is 2.48. The summed E-state index contributed by atoms with van der Waals surface area (Å²) in [6, 6.07) is 5.86. The molecule has 2 atom stereocenters. The normalized spacial score (nSPS) is 22.1. The van der Waals surface area contributed by atoms with E-state index in [0.29, 0.717) is 25.3 Å². The Kier molecular flexibility index (Phi) is 6.00. The first-order valence-electron chi connectivity index (χ1n) is 10.6. The van der Waals surface area contributed by atoms with Gasteiger partial charge in [0.2, 0.25) is 0 Å². The summed E-state index contributed by atoms with van der Waals surface area (Å²) in [4.78, 5) is 31.7. The van der Waals surface area contributed by atoms with Gasteiger partial charge in [-0.3, -0.25) is 14.5 Å². The average molecular weight is 505 g/mol. The number of nitrogens with zero attached hydrogens (tertiary/aromatic N) is 4. The summed E-state index contributed by atoms with van der Waals surface area (Å²) >= 11 is 5.55. The van der Waals surface area contributed by atoms with Crippen molar-refractivity contribution in [2.45, 2.75) is 37.9 Å². The lowest BCUT2D eigenvalue weighted by molar-refractivity contribution is -0.138. The van der Waals surface area contributed by atoms with Gasteiger partial charge in [0.1, 0.15) is 17.4 Å². The summed E-state index contributed by atoms with van der Waals surface area (Å²) < 4.78 is 55.5. The van der Waals surface area contributed by atoms with Crippen LogP contribution in [0.25, 0.3) is 0 Å². The first kappa shape index (κ1) is 24.5. The minimum Gasteiger partial charge on any atom is -0.355 e. The van der Waals surface area contributed by atoms with Crippen LogP contribution in [0.3, 0.4) is 0 Å². The molecule has 0 bridgehead atoms. The van der Waals surface area contributed by atoms with E-state index >= 15 is 0 Å². The average Bonchev–Trinajstić information content (AvgIpc) is 3.29. The van der Waals surface area contributed by atoms with Crippen molar-refractivity contribution >= 4 is 40.5 Å². The molecule has 1 spiro atoms. The Morgan fingerprint density at radius 2 is 2.03 bits per heavy atom. The molecule has 0 radical (unpaired) electrons. The van der Waals surface area contributed by atoms with Crippen LogP contribution in [0.5, 0.6) is 0 Å². The van der Waals surface area contributed by atoms with E-state index in [0.717, 1.165) is 17.2 Å². The maximum absolute atomic E-state index is 14.8. The summed E-state index contributed by atoms with van der Waals surface area (Å²) in [6.45, 7) is 1.94. The SMILES string of the molecule is CNC(=O)c1ccc(N2C(=S)N(c3cnc(C#N)c(C(F)(F)F)c3)C(=O)C23CC[C@@H](C)C3)cc1F. The molecule has 4 rings (SSSR count). The number of aromatic nitrogens is 1. The maximum Gasteiger partial charge on any atom is 0.419 e. The van der Waals surface area contributed by atoms with E-state index in [1.54, 1.807) is 0 Å². The van der Waals surface area contributed by atoms with Crippen LogP contribution in [-0.4, -0.2) is 34.5 Å². The lowest BCUT2D eigenvalue weighted by Crippen LogP contribution is -2.48. The smallest absolute Gasteiger partial charge is 0.355 e. The lowest BCUT2D eigenvalue weighted by atomic mass is 9.93. The predicted octanol–water partition coefficient (Wildman–Crippen LogP) is 4.17. The second-order valence-electron chi connectivity index (χ2n) is 8.58. The maximum atomic E-state index is 14.8. The van der Waals surface area contributed by atoms with E-state index in [4.69, 9.17) is 17.5 Å². The highest BCUT2D eigenvalue weighted by molar-refractivity contribution is 7.81. The molecule has 2 aliphatic rings. The highest BCUT2D eigenvalue weighted by atomic mass is 32.1. The van der Waals surface area contributed by atoms with Gasteiger partial charge in [0.15, 0.2) is 10.8 Å². The van der Waals surface area contributed by atoms with Crippen molar-refractivity contribution in [1.82, 2.24) is 10.3 Å². The molecule has 2 amide bonds. The van der Waals surface area contributed by atoms with E-state index in [1.807, 2.05) is 6.92 Å². The summed E-state index contributed by atoms with van der Waals surface area (Å²) in [5, 5.41) is 11.2. The van der Waals surface area contributed by atoms with Gasteiger partial charge in [0, 0.05) is 12.7 Å². The van der Waals surface area contributed by atoms with Crippen molar-refractivity contribution in [1.29, 1.82) is 5.26 Å². The van der Waals surface area contributed by atoms with Crippen molar-refractivity contribution in [3.8, 4) is 6.07 Å². The van der Waals surface area contributed by atoms with E-state index < -0.39 is 40.6 Å². The Labute approximate surface area is 203 Å². The molecule has 2 aromatic rings. The van der Waals surface area contributed by atoms with Crippen molar-refractivity contribution in [2.24, 2.45) is 5.92 Å². The fourth-order valence-electron chi connectivity index (χ4n) is 4.77. The van der Waals surface area contributed by atoms with Crippen molar-refractivity contribution in [2.75, 3.05) is 16.8 Å². The van der Waals surface area contributed by atoms with E-state index in [-0.39, 0.29) is 28.0 Å². The Balaban J connectivity index is 1.85. The summed E-state index contributed by atoms with van der Waals surface area (Å²) in [6.07, 6.45) is -2.55. The number of carbonyl (C=O) groups is 2. The summed E-state index contributed by atoms with van der Waals surface area (Å²) in [5.41, 5.74) is -3.60. The Morgan fingerprint density at radius 3 is 2.57 bits per heavy atom. The van der Waals surface area contributed by atoms with Gasteiger partial charge >= 0.3 is 6.18 Å². The van der Waals surface area contributed by atoms with E-state index in [9.17, 15) is 27.2 Å². The predicted molar refractivity (Wildman–Crippen MR) is 122 cm³/mol. The number of alkyl halides is 3. The van der Waals surface area contributed by atoms with Crippen LogP contribution < -0.4 is 15.1 Å². The first-order chi connectivity index (χ1) is 16.4. The molecule has 7 nitrogen and oxygen atoms in total. The van der Waals surface area contributed by atoms with Gasteiger partial charge in [-0.15, -0.1) is 0 Å². The van der Waals surface area contributed by atoms with Crippen LogP contribution in [0.4, 0.5) is 28.9 Å². The van der Waals surface area contributed by atoms with Crippen LogP contribution in [0, 0.1) is 23.1 Å². The number of hydrogen-bond acceptors (Lipinski definition) is 5. The van der Waals surface area contributed by atoms with Crippen LogP contribution >= 0.6 is 12.2 Å².